The quantitative estimate of drug-likeness (QED) is 0.434. The number of primary amides is 1. The Morgan fingerprint density at radius 2 is 1.70 bits per heavy atom. The summed E-state index contributed by atoms with van der Waals surface area (Å²) in [6, 6.07) is 15.9. The summed E-state index contributed by atoms with van der Waals surface area (Å²) >= 11 is 1.31. The predicted molar refractivity (Wildman–Crippen MR) is 120 cm³/mol. The Kier molecular flexibility index (Phi) is 6.48. The molecule has 1 aromatic heterocycles. The van der Waals surface area contributed by atoms with Crippen molar-refractivity contribution in [3.8, 4) is 0 Å². The molecule has 7 nitrogen and oxygen atoms in total. The first-order valence-corrected chi connectivity index (χ1v) is 10.2. The van der Waals surface area contributed by atoms with E-state index in [0.29, 0.717) is 40.3 Å². The fourth-order valence-electron chi connectivity index (χ4n) is 2.80. The number of thiophene rings is 1. The van der Waals surface area contributed by atoms with Gasteiger partial charge in [0, 0.05) is 23.3 Å². The molecule has 0 saturated heterocycles. The van der Waals surface area contributed by atoms with Gasteiger partial charge in [-0.3, -0.25) is 14.4 Å². The van der Waals surface area contributed by atoms with Crippen LogP contribution in [0.1, 0.15) is 44.5 Å². The zero-order valence-corrected chi connectivity index (χ0v) is 17.2. The Labute approximate surface area is 178 Å². The number of amides is 3. The van der Waals surface area contributed by atoms with E-state index in [9.17, 15) is 14.4 Å². The third-order valence-corrected chi connectivity index (χ3v) is 5.48. The highest BCUT2D eigenvalue weighted by Gasteiger charge is 2.16. The molecule has 8 heteroatoms. The van der Waals surface area contributed by atoms with Crippen molar-refractivity contribution in [1.29, 1.82) is 0 Å². The molecule has 154 valence electrons. The summed E-state index contributed by atoms with van der Waals surface area (Å²) in [6.45, 7) is 1.73. The lowest BCUT2D eigenvalue weighted by atomic mass is 10.1. The molecule has 0 unspecified atom stereocenters. The van der Waals surface area contributed by atoms with Gasteiger partial charge in [0.1, 0.15) is 5.00 Å². The number of hydrogen-bond donors (Lipinski definition) is 4. The van der Waals surface area contributed by atoms with Crippen molar-refractivity contribution >= 4 is 45.4 Å². The van der Waals surface area contributed by atoms with Gasteiger partial charge < -0.3 is 22.1 Å². The predicted octanol–water partition coefficient (Wildman–Crippen LogP) is 3.62. The van der Waals surface area contributed by atoms with E-state index >= 15 is 0 Å². The summed E-state index contributed by atoms with van der Waals surface area (Å²) in [5, 5.41) is 5.96. The number of carbonyl (C=O) groups excluding carboxylic acids is 3. The Balaban J connectivity index is 1.72. The second-order valence-electron chi connectivity index (χ2n) is 6.64. The second kappa shape index (κ2) is 9.23. The van der Waals surface area contributed by atoms with Crippen LogP contribution in [0.5, 0.6) is 0 Å². The van der Waals surface area contributed by atoms with Crippen LogP contribution in [0.25, 0.3) is 0 Å². The van der Waals surface area contributed by atoms with Gasteiger partial charge in [-0.1, -0.05) is 31.2 Å². The van der Waals surface area contributed by atoms with Crippen LogP contribution in [0.4, 0.5) is 16.4 Å². The molecule has 0 aliphatic rings. The average molecular weight is 423 g/mol. The molecule has 2 aromatic carbocycles. The van der Waals surface area contributed by atoms with Crippen LogP contribution in [-0.4, -0.2) is 17.7 Å². The third kappa shape index (κ3) is 5.03. The molecule has 0 bridgehead atoms. The van der Waals surface area contributed by atoms with Crippen molar-refractivity contribution in [2.24, 2.45) is 5.73 Å². The lowest BCUT2D eigenvalue weighted by molar-refractivity contribution is -0.115. The Morgan fingerprint density at radius 3 is 2.33 bits per heavy atom. The fraction of sp³-hybridized carbons (Fsp3) is 0.136. The molecular formula is C22H22N4O3S. The highest BCUT2D eigenvalue weighted by atomic mass is 32.1. The molecule has 0 saturated carbocycles. The smallest absolute Gasteiger partial charge is 0.255 e. The molecule has 3 aromatic rings. The van der Waals surface area contributed by atoms with Gasteiger partial charge in [0.2, 0.25) is 5.91 Å². The van der Waals surface area contributed by atoms with Gasteiger partial charge in [-0.2, -0.15) is 0 Å². The maximum absolute atomic E-state index is 12.4. The number of anilines is 3. The van der Waals surface area contributed by atoms with Crippen LogP contribution in [0.3, 0.4) is 0 Å². The summed E-state index contributed by atoms with van der Waals surface area (Å²) < 4.78 is 0. The number of nitrogen functional groups attached to an aromatic ring is 1. The number of nitrogens with two attached hydrogens (primary N) is 2. The molecule has 1 heterocycles. The molecule has 0 fully saturated rings. The van der Waals surface area contributed by atoms with Gasteiger partial charge in [-0.05, 0) is 35.9 Å². The second-order valence-corrected chi connectivity index (χ2v) is 7.77. The molecule has 0 atom stereocenters. The highest BCUT2D eigenvalue weighted by molar-refractivity contribution is 7.16. The third-order valence-electron chi connectivity index (χ3n) is 4.43. The van der Waals surface area contributed by atoms with E-state index < -0.39 is 5.91 Å². The lowest BCUT2D eigenvalue weighted by Crippen LogP contribution is -2.15. The van der Waals surface area contributed by atoms with Crippen molar-refractivity contribution in [1.82, 2.24) is 0 Å². The topological polar surface area (TPSA) is 127 Å². The summed E-state index contributed by atoms with van der Waals surface area (Å²) in [5.41, 5.74) is 14.1. The Morgan fingerprint density at radius 1 is 1.00 bits per heavy atom. The van der Waals surface area contributed by atoms with Crippen LogP contribution in [0.15, 0.2) is 54.6 Å². The monoisotopic (exact) mass is 422 g/mol. The highest BCUT2D eigenvalue weighted by Crippen LogP contribution is 2.30. The first kappa shape index (κ1) is 21.1. The maximum Gasteiger partial charge on any atom is 0.255 e. The first-order chi connectivity index (χ1) is 14.4. The normalized spacial score (nSPS) is 10.4. The molecular weight excluding hydrogens is 400 g/mol. The van der Waals surface area contributed by atoms with Gasteiger partial charge in [-0.15, -0.1) is 11.3 Å². The van der Waals surface area contributed by atoms with E-state index in [1.54, 1.807) is 49.4 Å². The largest absolute Gasteiger partial charge is 0.397 e. The van der Waals surface area contributed by atoms with Crippen molar-refractivity contribution < 1.29 is 14.4 Å². The van der Waals surface area contributed by atoms with E-state index in [1.165, 1.54) is 11.3 Å². The molecule has 0 aliphatic heterocycles. The van der Waals surface area contributed by atoms with Crippen LogP contribution in [0, 0.1) is 0 Å². The zero-order valence-electron chi connectivity index (χ0n) is 16.4. The summed E-state index contributed by atoms with van der Waals surface area (Å²) in [7, 11) is 0. The molecule has 3 amide bonds. The molecule has 0 radical (unpaired) electrons. The Bertz CT molecular complexity index is 1090. The standard InChI is InChI=1S/C22H22N4O3S/c1-2-19(27)26-22-16(20(24)28)12-15(30-22)11-13-7-9-14(10-8-13)21(29)25-18-6-4-3-5-17(18)23/h3-10,12H,2,11,23H2,1H3,(H2,24,28)(H,25,29)(H,26,27). The zero-order chi connectivity index (χ0) is 21.7. The minimum Gasteiger partial charge on any atom is -0.397 e. The fourth-order valence-corrected chi connectivity index (χ4v) is 3.91. The van der Waals surface area contributed by atoms with Crippen molar-refractivity contribution in [2.45, 2.75) is 19.8 Å². The number of benzene rings is 2. The molecule has 0 aliphatic carbocycles. The van der Waals surface area contributed by atoms with Gasteiger partial charge in [0.05, 0.1) is 16.9 Å². The summed E-state index contributed by atoms with van der Waals surface area (Å²) in [6.07, 6.45) is 0.851. The number of nitrogens with one attached hydrogen (secondary N) is 2. The summed E-state index contributed by atoms with van der Waals surface area (Å²) in [5.74, 6) is -1.02. The van der Waals surface area contributed by atoms with E-state index in [0.717, 1.165) is 10.4 Å². The average Bonchev–Trinajstić information content (AvgIpc) is 3.12. The molecule has 3 rings (SSSR count). The lowest BCUT2D eigenvalue weighted by Gasteiger charge is -2.08. The van der Waals surface area contributed by atoms with Gasteiger partial charge in [0.25, 0.3) is 11.8 Å². The summed E-state index contributed by atoms with van der Waals surface area (Å²) in [4.78, 5) is 36.7. The Hall–Kier alpha value is -3.65. The number of hydrogen-bond acceptors (Lipinski definition) is 5. The van der Waals surface area contributed by atoms with Crippen LogP contribution >= 0.6 is 11.3 Å². The van der Waals surface area contributed by atoms with Crippen molar-refractivity contribution in [3.63, 3.8) is 0 Å². The minimum absolute atomic E-state index is 0.180. The number of carbonyl (C=O) groups is 3. The van der Waals surface area contributed by atoms with Crippen LogP contribution in [0.2, 0.25) is 0 Å². The van der Waals surface area contributed by atoms with Gasteiger partial charge in [-0.25, -0.2) is 0 Å². The van der Waals surface area contributed by atoms with E-state index in [-0.39, 0.29) is 11.8 Å². The van der Waals surface area contributed by atoms with Crippen molar-refractivity contribution in [3.05, 3.63) is 76.2 Å². The molecule has 6 N–H and O–H groups in total. The van der Waals surface area contributed by atoms with E-state index in [1.807, 2.05) is 12.1 Å². The van der Waals surface area contributed by atoms with Crippen LogP contribution in [-0.2, 0) is 11.2 Å². The van der Waals surface area contributed by atoms with Crippen molar-refractivity contribution in [2.75, 3.05) is 16.4 Å². The van der Waals surface area contributed by atoms with E-state index in [2.05, 4.69) is 10.6 Å². The molecule has 0 spiro atoms. The van der Waals surface area contributed by atoms with Gasteiger partial charge >= 0.3 is 0 Å². The number of para-hydroxylation sites is 2. The van der Waals surface area contributed by atoms with Crippen LogP contribution < -0.4 is 22.1 Å². The SMILES string of the molecule is CCC(=O)Nc1sc(Cc2ccc(C(=O)Nc3ccccc3N)cc2)cc1C(N)=O. The van der Waals surface area contributed by atoms with E-state index in [4.69, 9.17) is 11.5 Å². The number of rotatable bonds is 7. The minimum atomic E-state index is -0.587. The molecule has 30 heavy (non-hydrogen) atoms. The van der Waals surface area contributed by atoms with Gasteiger partial charge in [0.15, 0.2) is 0 Å². The first-order valence-electron chi connectivity index (χ1n) is 9.34. The maximum atomic E-state index is 12.4.